The fourth-order valence-electron chi connectivity index (χ4n) is 1.79. The van der Waals surface area contributed by atoms with Crippen LogP contribution in [0.25, 0.3) is 11.0 Å². The molecule has 0 aliphatic rings. The molecule has 8 heteroatoms. The normalized spacial score (nSPS) is 11.4. The molecule has 0 bridgehead atoms. The molecular formula is C14H18N4O3S. The number of nitrogens with one attached hydrogen (secondary N) is 2. The maximum atomic E-state index is 12.0. The summed E-state index contributed by atoms with van der Waals surface area (Å²) in [6, 6.07) is 5.39. The van der Waals surface area contributed by atoms with E-state index in [4.69, 9.17) is 4.74 Å². The summed E-state index contributed by atoms with van der Waals surface area (Å²) in [5, 5.41) is 5.65. The van der Waals surface area contributed by atoms with Crippen LogP contribution in [-0.2, 0) is 14.3 Å². The third kappa shape index (κ3) is 3.77. The molecule has 0 saturated heterocycles. The van der Waals surface area contributed by atoms with Crippen molar-refractivity contribution in [3.8, 4) is 0 Å². The number of esters is 1. The predicted molar refractivity (Wildman–Crippen MR) is 84.8 cm³/mol. The summed E-state index contributed by atoms with van der Waals surface area (Å²) in [5.74, 6) is -0.661. The summed E-state index contributed by atoms with van der Waals surface area (Å²) in [7, 11) is 0. The number of hydrogen-bond acceptors (Lipinski definition) is 7. The number of fused-ring (bicyclic) bond motifs is 1. The predicted octanol–water partition coefficient (Wildman–Crippen LogP) is 1.56. The van der Waals surface area contributed by atoms with E-state index in [2.05, 4.69) is 19.4 Å². The lowest BCUT2D eigenvalue weighted by molar-refractivity contribution is -0.149. The molecule has 1 aromatic carbocycles. The Morgan fingerprint density at radius 1 is 1.32 bits per heavy atom. The van der Waals surface area contributed by atoms with Gasteiger partial charge in [0.25, 0.3) is 0 Å². The number of carbonyl (C=O) groups is 2. The second-order valence-corrected chi connectivity index (χ2v) is 5.71. The van der Waals surface area contributed by atoms with Gasteiger partial charge in [0.1, 0.15) is 16.6 Å². The molecule has 22 heavy (non-hydrogen) atoms. The zero-order chi connectivity index (χ0) is 16.2. The molecule has 1 heterocycles. The van der Waals surface area contributed by atoms with Gasteiger partial charge in [-0.25, -0.2) is 0 Å². The third-order valence-electron chi connectivity index (χ3n) is 3.04. The standard InChI is InChI=1S/C14H18N4O3S/c1-4-21-13(20)14(2,3)15-8-11(19)16-9-6-5-7-10-12(9)18-22-17-10/h5-7,15H,4,8H2,1-3H3,(H,16,19). The largest absolute Gasteiger partial charge is 0.465 e. The molecule has 7 nitrogen and oxygen atoms in total. The van der Waals surface area contributed by atoms with E-state index in [9.17, 15) is 9.59 Å². The van der Waals surface area contributed by atoms with Gasteiger partial charge < -0.3 is 10.1 Å². The number of benzene rings is 1. The van der Waals surface area contributed by atoms with Crippen molar-refractivity contribution in [2.24, 2.45) is 0 Å². The fourth-order valence-corrected chi connectivity index (χ4v) is 2.34. The van der Waals surface area contributed by atoms with Gasteiger partial charge in [-0.05, 0) is 32.9 Å². The number of ether oxygens (including phenoxy) is 1. The molecule has 118 valence electrons. The van der Waals surface area contributed by atoms with Gasteiger partial charge >= 0.3 is 5.97 Å². The first kappa shape index (κ1) is 16.3. The van der Waals surface area contributed by atoms with Gasteiger partial charge in [-0.3, -0.25) is 14.9 Å². The Kier molecular flexibility index (Phi) is 5.04. The van der Waals surface area contributed by atoms with Crippen LogP contribution in [0.4, 0.5) is 5.69 Å². The molecule has 2 N–H and O–H groups in total. The van der Waals surface area contributed by atoms with Gasteiger partial charge in [0.05, 0.1) is 30.6 Å². The number of anilines is 1. The lowest BCUT2D eigenvalue weighted by Gasteiger charge is -2.23. The van der Waals surface area contributed by atoms with Crippen molar-refractivity contribution >= 4 is 40.3 Å². The topological polar surface area (TPSA) is 93.2 Å². The van der Waals surface area contributed by atoms with Gasteiger partial charge in [-0.2, -0.15) is 8.75 Å². The van der Waals surface area contributed by atoms with Crippen molar-refractivity contribution in [2.45, 2.75) is 26.3 Å². The lowest BCUT2D eigenvalue weighted by Crippen LogP contribution is -2.50. The van der Waals surface area contributed by atoms with Crippen molar-refractivity contribution < 1.29 is 14.3 Å². The van der Waals surface area contributed by atoms with E-state index in [-0.39, 0.29) is 12.5 Å². The summed E-state index contributed by atoms with van der Waals surface area (Å²) < 4.78 is 13.2. The summed E-state index contributed by atoms with van der Waals surface area (Å²) >= 11 is 1.09. The number of amides is 1. The van der Waals surface area contributed by atoms with Crippen LogP contribution in [0.3, 0.4) is 0 Å². The first-order chi connectivity index (χ1) is 10.4. The van der Waals surface area contributed by atoms with E-state index >= 15 is 0 Å². The van der Waals surface area contributed by atoms with Crippen LogP contribution in [-0.4, -0.2) is 39.3 Å². The van der Waals surface area contributed by atoms with Crippen LogP contribution in [0, 0.1) is 0 Å². The summed E-state index contributed by atoms with van der Waals surface area (Å²) in [4.78, 5) is 23.8. The van der Waals surface area contributed by atoms with Crippen LogP contribution in [0.15, 0.2) is 18.2 Å². The molecule has 1 aromatic heterocycles. The molecule has 0 fully saturated rings. The highest BCUT2D eigenvalue weighted by molar-refractivity contribution is 7.00. The van der Waals surface area contributed by atoms with Crippen molar-refractivity contribution in [3.05, 3.63) is 18.2 Å². The van der Waals surface area contributed by atoms with Crippen molar-refractivity contribution in [1.29, 1.82) is 0 Å². The van der Waals surface area contributed by atoms with Gasteiger partial charge in [-0.1, -0.05) is 6.07 Å². The molecule has 2 rings (SSSR count). The van der Waals surface area contributed by atoms with E-state index in [1.54, 1.807) is 32.9 Å². The van der Waals surface area contributed by atoms with Crippen molar-refractivity contribution in [1.82, 2.24) is 14.1 Å². The Bertz CT molecular complexity index is 684. The lowest BCUT2D eigenvalue weighted by atomic mass is 10.1. The van der Waals surface area contributed by atoms with E-state index in [0.717, 1.165) is 17.2 Å². The van der Waals surface area contributed by atoms with E-state index in [1.807, 2.05) is 6.07 Å². The molecule has 0 unspecified atom stereocenters. The average Bonchev–Trinajstić information content (AvgIpc) is 2.95. The fraction of sp³-hybridized carbons (Fsp3) is 0.429. The Hall–Kier alpha value is -2.06. The Morgan fingerprint density at radius 2 is 2.09 bits per heavy atom. The van der Waals surface area contributed by atoms with Gasteiger partial charge in [-0.15, -0.1) is 0 Å². The first-order valence-electron chi connectivity index (χ1n) is 6.87. The van der Waals surface area contributed by atoms with E-state index < -0.39 is 11.5 Å². The quantitative estimate of drug-likeness (QED) is 0.784. The Balaban J connectivity index is 1.96. The minimum Gasteiger partial charge on any atom is -0.465 e. The second-order valence-electron chi connectivity index (χ2n) is 5.18. The minimum absolute atomic E-state index is 0.0141. The average molecular weight is 322 g/mol. The molecule has 0 saturated carbocycles. The molecule has 2 aromatic rings. The highest BCUT2D eigenvalue weighted by Crippen LogP contribution is 2.20. The minimum atomic E-state index is -0.929. The number of nitrogens with zero attached hydrogens (tertiary/aromatic N) is 2. The van der Waals surface area contributed by atoms with Crippen molar-refractivity contribution in [3.63, 3.8) is 0 Å². The molecule has 0 aliphatic heterocycles. The Morgan fingerprint density at radius 3 is 2.82 bits per heavy atom. The number of hydrogen-bond donors (Lipinski definition) is 2. The summed E-state index contributed by atoms with van der Waals surface area (Å²) in [6.45, 7) is 5.37. The highest BCUT2D eigenvalue weighted by atomic mass is 32.1. The van der Waals surface area contributed by atoms with Gasteiger partial charge in [0.2, 0.25) is 5.91 Å². The zero-order valence-electron chi connectivity index (χ0n) is 12.7. The van der Waals surface area contributed by atoms with E-state index in [0.29, 0.717) is 17.8 Å². The van der Waals surface area contributed by atoms with Crippen LogP contribution < -0.4 is 10.6 Å². The maximum absolute atomic E-state index is 12.0. The third-order valence-corrected chi connectivity index (χ3v) is 3.58. The Labute approximate surface area is 132 Å². The molecule has 0 radical (unpaired) electrons. The monoisotopic (exact) mass is 322 g/mol. The number of carbonyl (C=O) groups excluding carboxylic acids is 2. The SMILES string of the molecule is CCOC(=O)C(C)(C)NCC(=O)Nc1cccc2nsnc12. The number of rotatable bonds is 6. The maximum Gasteiger partial charge on any atom is 0.325 e. The van der Waals surface area contributed by atoms with Crippen molar-refractivity contribution in [2.75, 3.05) is 18.5 Å². The molecular weight excluding hydrogens is 304 g/mol. The van der Waals surface area contributed by atoms with Crippen LogP contribution in [0.1, 0.15) is 20.8 Å². The molecule has 0 spiro atoms. The zero-order valence-corrected chi connectivity index (χ0v) is 13.5. The van der Waals surface area contributed by atoms with Crippen LogP contribution in [0.2, 0.25) is 0 Å². The van der Waals surface area contributed by atoms with Gasteiger partial charge in [0.15, 0.2) is 0 Å². The summed E-state index contributed by atoms with van der Waals surface area (Å²) in [6.07, 6.45) is 0. The van der Waals surface area contributed by atoms with Gasteiger partial charge in [0, 0.05) is 0 Å². The van der Waals surface area contributed by atoms with Crippen LogP contribution in [0.5, 0.6) is 0 Å². The molecule has 0 atom stereocenters. The molecule has 0 aliphatic carbocycles. The van der Waals surface area contributed by atoms with E-state index in [1.165, 1.54) is 0 Å². The highest BCUT2D eigenvalue weighted by Gasteiger charge is 2.29. The summed E-state index contributed by atoms with van der Waals surface area (Å²) in [5.41, 5.74) is 1.07. The first-order valence-corrected chi connectivity index (χ1v) is 7.60. The smallest absolute Gasteiger partial charge is 0.325 e. The van der Waals surface area contributed by atoms with Crippen LogP contribution >= 0.6 is 11.7 Å². The second kappa shape index (κ2) is 6.80. The molecule has 1 amide bonds. The number of aromatic nitrogens is 2.